The Morgan fingerprint density at radius 3 is 0.840 bits per heavy atom. The van der Waals surface area contributed by atoms with E-state index in [4.69, 9.17) is 0 Å². The molecular formula is C50H32. The van der Waals surface area contributed by atoms with E-state index in [1.54, 1.807) is 0 Å². The summed E-state index contributed by atoms with van der Waals surface area (Å²) in [6, 6.07) is 71.5. The zero-order valence-corrected chi connectivity index (χ0v) is 27.5. The van der Waals surface area contributed by atoms with Gasteiger partial charge in [-0.05, 0) is 135 Å². The lowest BCUT2D eigenvalue weighted by Crippen LogP contribution is -1.95. The smallest absolute Gasteiger partial charge is 0.00197 e. The molecule has 0 atom stereocenters. The first-order valence-corrected chi connectivity index (χ1v) is 17.3. The van der Waals surface area contributed by atoms with Crippen molar-refractivity contribution in [2.75, 3.05) is 0 Å². The molecule has 0 heteroatoms. The normalized spacial score (nSPS) is 11.6. The molecule has 0 unspecified atom stereocenters. The molecule has 0 radical (unpaired) electrons. The summed E-state index contributed by atoms with van der Waals surface area (Å²) in [7, 11) is 0. The molecule has 0 bridgehead atoms. The van der Waals surface area contributed by atoms with Crippen LogP contribution in [0, 0.1) is 0 Å². The summed E-state index contributed by atoms with van der Waals surface area (Å²) in [6.07, 6.45) is 0. The van der Waals surface area contributed by atoms with Crippen LogP contribution in [-0.4, -0.2) is 0 Å². The zero-order chi connectivity index (χ0) is 33.0. The van der Waals surface area contributed by atoms with Crippen molar-refractivity contribution in [3.63, 3.8) is 0 Å². The molecule has 0 aliphatic rings. The van der Waals surface area contributed by atoms with E-state index >= 15 is 0 Å². The Bertz CT molecular complexity index is 2700. The van der Waals surface area contributed by atoms with E-state index in [1.165, 1.54) is 98.4 Å². The van der Waals surface area contributed by atoms with Crippen LogP contribution in [0.3, 0.4) is 0 Å². The summed E-state index contributed by atoms with van der Waals surface area (Å²) < 4.78 is 0. The molecule has 0 saturated heterocycles. The molecule has 0 nitrogen and oxygen atoms in total. The average Bonchev–Trinajstić information content (AvgIpc) is 3.19. The third kappa shape index (κ3) is 4.61. The number of fused-ring (bicyclic) bond motifs is 5. The second-order valence-electron chi connectivity index (χ2n) is 13.3. The summed E-state index contributed by atoms with van der Waals surface area (Å²) in [6.45, 7) is 0. The van der Waals surface area contributed by atoms with Crippen molar-refractivity contribution in [3.8, 4) is 44.5 Å². The van der Waals surface area contributed by atoms with Gasteiger partial charge in [-0.1, -0.05) is 158 Å². The van der Waals surface area contributed by atoms with Crippen LogP contribution in [0.25, 0.3) is 98.4 Å². The fourth-order valence-corrected chi connectivity index (χ4v) is 8.05. The maximum Gasteiger partial charge on any atom is -0.00197 e. The van der Waals surface area contributed by atoms with Gasteiger partial charge < -0.3 is 0 Å². The molecule has 0 amide bonds. The van der Waals surface area contributed by atoms with Crippen molar-refractivity contribution in [3.05, 3.63) is 194 Å². The summed E-state index contributed by atoms with van der Waals surface area (Å²) in [5.41, 5.74) is 9.97. The van der Waals surface area contributed by atoms with Crippen molar-refractivity contribution >= 4 is 53.9 Å². The van der Waals surface area contributed by atoms with Crippen molar-refractivity contribution in [2.45, 2.75) is 0 Å². The molecule has 0 saturated carbocycles. The van der Waals surface area contributed by atoms with E-state index in [9.17, 15) is 0 Å². The Balaban J connectivity index is 1.42. The number of benzene rings is 10. The van der Waals surface area contributed by atoms with E-state index < -0.39 is 0 Å². The number of rotatable bonds is 4. The number of hydrogen-bond donors (Lipinski definition) is 0. The van der Waals surface area contributed by atoms with Crippen LogP contribution in [0.4, 0.5) is 0 Å². The molecule has 10 aromatic carbocycles. The summed E-state index contributed by atoms with van der Waals surface area (Å²) in [5.74, 6) is 0. The Morgan fingerprint density at radius 1 is 0.200 bits per heavy atom. The molecule has 10 rings (SSSR count). The van der Waals surface area contributed by atoms with Gasteiger partial charge >= 0.3 is 0 Å². The average molecular weight is 633 g/mol. The standard InChI is InChI=1S/C50H32/c1-3-15-33(16-4-1)43-27-35-19-7-9-21-37(35)29-45(43)49-41-25-13-14-26-42(41)50(48-32-40-24-12-11-23-39(40)31-47(48)49)46-30-38-22-10-8-20-36(38)28-44(46)34-17-5-2-6-18-34/h1-32H. The van der Waals surface area contributed by atoms with Crippen LogP contribution in [0.2, 0.25) is 0 Å². The fourth-order valence-electron chi connectivity index (χ4n) is 8.05. The zero-order valence-electron chi connectivity index (χ0n) is 27.5. The Labute approximate surface area is 291 Å². The predicted molar refractivity (Wildman–Crippen MR) is 216 cm³/mol. The van der Waals surface area contributed by atoms with E-state index in [-0.39, 0.29) is 0 Å². The highest BCUT2D eigenvalue weighted by Crippen LogP contribution is 2.50. The first-order chi connectivity index (χ1) is 24.8. The van der Waals surface area contributed by atoms with Gasteiger partial charge in [-0.25, -0.2) is 0 Å². The quantitative estimate of drug-likeness (QED) is 0.169. The van der Waals surface area contributed by atoms with Crippen LogP contribution in [-0.2, 0) is 0 Å². The third-order valence-electron chi connectivity index (χ3n) is 10.4. The van der Waals surface area contributed by atoms with Gasteiger partial charge in [0.15, 0.2) is 0 Å². The van der Waals surface area contributed by atoms with Crippen molar-refractivity contribution < 1.29 is 0 Å². The monoisotopic (exact) mass is 632 g/mol. The van der Waals surface area contributed by atoms with E-state index in [1.807, 2.05) is 0 Å². The molecule has 0 spiro atoms. The van der Waals surface area contributed by atoms with Crippen LogP contribution in [0.5, 0.6) is 0 Å². The molecular weight excluding hydrogens is 601 g/mol. The van der Waals surface area contributed by atoms with Crippen molar-refractivity contribution in [1.82, 2.24) is 0 Å². The minimum atomic E-state index is 1.22. The Hall–Kier alpha value is -6.50. The highest BCUT2D eigenvalue weighted by Gasteiger charge is 2.22. The first-order valence-electron chi connectivity index (χ1n) is 17.3. The van der Waals surface area contributed by atoms with Gasteiger partial charge in [0.05, 0.1) is 0 Å². The molecule has 0 heterocycles. The topological polar surface area (TPSA) is 0 Å². The number of hydrogen-bond acceptors (Lipinski definition) is 0. The van der Waals surface area contributed by atoms with Crippen LogP contribution >= 0.6 is 0 Å². The molecule has 0 aliphatic heterocycles. The van der Waals surface area contributed by atoms with Crippen molar-refractivity contribution in [2.24, 2.45) is 0 Å². The van der Waals surface area contributed by atoms with Gasteiger partial charge in [0, 0.05) is 0 Å². The minimum Gasteiger partial charge on any atom is -0.0622 e. The van der Waals surface area contributed by atoms with Crippen LogP contribution in [0.15, 0.2) is 194 Å². The van der Waals surface area contributed by atoms with Gasteiger partial charge in [-0.2, -0.15) is 0 Å². The molecule has 0 aliphatic carbocycles. The predicted octanol–water partition coefficient (Wildman–Crippen LogP) is 14.1. The molecule has 10 aromatic rings. The maximum absolute atomic E-state index is 2.43. The van der Waals surface area contributed by atoms with Crippen LogP contribution in [0.1, 0.15) is 0 Å². The largest absolute Gasteiger partial charge is 0.0622 e. The lowest BCUT2D eigenvalue weighted by molar-refractivity contribution is 1.62. The maximum atomic E-state index is 2.43. The molecule has 0 aromatic heterocycles. The summed E-state index contributed by atoms with van der Waals surface area (Å²) in [4.78, 5) is 0. The third-order valence-corrected chi connectivity index (χ3v) is 10.4. The van der Waals surface area contributed by atoms with Crippen molar-refractivity contribution in [1.29, 1.82) is 0 Å². The van der Waals surface area contributed by atoms with Gasteiger partial charge in [0.2, 0.25) is 0 Å². The lowest BCUT2D eigenvalue weighted by atomic mass is 9.80. The van der Waals surface area contributed by atoms with Crippen LogP contribution < -0.4 is 0 Å². The second kappa shape index (κ2) is 11.6. The van der Waals surface area contributed by atoms with Gasteiger partial charge in [0.1, 0.15) is 0 Å². The first kappa shape index (κ1) is 28.5. The minimum absolute atomic E-state index is 1.22. The molecule has 0 fully saturated rings. The second-order valence-corrected chi connectivity index (χ2v) is 13.3. The summed E-state index contributed by atoms with van der Waals surface area (Å²) in [5, 5.41) is 12.5. The SMILES string of the molecule is c1ccc(-c2cc3ccccc3cc2-c2c3ccccc3c(-c3cc4ccccc4cc3-c3ccccc3)c3cc4ccccc4cc23)cc1. The van der Waals surface area contributed by atoms with Gasteiger partial charge in [-0.15, -0.1) is 0 Å². The highest BCUT2D eigenvalue weighted by atomic mass is 14.2. The van der Waals surface area contributed by atoms with E-state index in [2.05, 4.69) is 194 Å². The van der Waals surface area contributed by atoms with Gasteiger partial charge in [-0.3, -0.25) is 0 Å². The molecule has 232 valence electrons. The van der Waals surface area contributed by atoms with E-state index in [0.717, 1.165) is 0 Å². The Morgan fingerprint density at radius 2 is 0.480 bits per heavy atom. The van der Waals surface area contributed by atoms with Gasteiger partial charge in [0.25, 0.3) is 0 Å². The summed E-state index contributed by atoms with van der Waals surface area (Å²) >= 11 is 0. The highest BCUT2D eigenvalue weighted by molar-refractivity contribution is 6.26. The van der Waals surface area contributed by atoms with E-state index in [0.29, 0.717) is 0 Å². The molecule has 50 heavy (non-hydrogen) atoms. The lowest BCUT2D eigenvalue weighted by Gasteiger charge is -2.22. The fraction of sp³-hybridized carbons (Fsp3) is 0. The molecule has 0 N–H and O–H groups in total. The Kier molecular flexibility index (Phi) is 6.60.